The molecule has 1 N–H and O–H groups in total. The minimum Gasteiger partial charge on any atom is -0.495 e. The third-order valence-corrected chi connectivity index (χ3v) is 5.12. The Morgan fingerprint density at radius 3 is 2.88 bits per heavy atom. The van der Waals surface area contributed by atoms with Crippen molar-refractivity contribution in [3.05, 3.63) is 36.7 Å². The highest BCUT2D eigenvalue weighted by molar-refractivity contribution is 7.22. The fraction of sp³-hybridized carbons (Fsp3) is 0.278. The Labute approximate surface area is 154 Å². The van der Waals surface area contributed by atoms with Crippen molar-refractivity contribution in [1.29, 1.82) is 0 Å². The standard InChI is InChI=1S/C18H18N4O3S/c1-24-14-8-13(10-19-11-14)12-2-3-15-16(9-12)26-17(20-15)21-18(23)22-4-6-25-7-5-22/h2-3,8-11H,4-7H2,1H3,(H,20,21,23). The molecule has 1 fully saturated rings. The molecule has 2 amide bonds. The van der Waals surface area contributed by atoms with E-state index in [2.05, 4.69) is 15.3 Å². The number of aromatic nitrogens is 2. The van der Waals surface area contributed by atoms with Gasteiger partial charge >= 0.3 is 6.03 Å². The molecule has 0 unspecified atom stereocenters. The fourth-order valence-corrected chi connectivity index (χ4v) is 3.68. The lowest BCUT2D eigenvalue weighted by Crippen LogP contribution is -2.43. The second-order valence-electron chi connectivity index (χ2n) is 5.84. The van der Waals surface area contributed by atoms with Crippen molar-refractivity contribution in [3.8, 4) is 16.9 Å². The van der Waals surface area contributed by atoms with Crippen LogP contribution in [0.5, 0.6) is 5.75 Å². The molecule has 2 aromatic heterocycles. The van der Waals surface area contributed by atoms with Crippen molar-refractivity contribution in [1.82, 2.24) is 14.9 Å². The summed E-state index contributed by atoms with van der Waals surface area (Å²) >= 11 is 1.46. The van der Waals surface area contributed by atoms with Gasteiger partial charge in [-0.3, -0.25) is 10.3 Å². The maximum absolute atomic E-state index is 12.3. The zero-order valence-corrected chi connectivity index (χ0v) is 15.1. The number of nitrogens with zero attached hydrogens (tertiary/aromatic N) is 3. The van der Waals surface area contributed by atoms with Gasteiger partial charge in [-0.15, -0.1) is 0 Å². The van der Waals surface area contributed by atoms with E-state index in [0.717, 1.165) is 21.3 Å². The van der Waals surface area contributed by atoms with Crippen LogP contribution >= 0.6 is 11.3 Å². The Morgan fingerprint density at radius 2 is 2.08 bits per heavy atom. The molecule has 1 aromatic carbocycles. The minimum absolute atomic E-state index is 0.135. The predicted octanol–water partition coefficient (Wildman–Crippen LogP) is 3.23. The maximum atomic E-state index is 12.3. The van der Waals surface area contributed by atoms with E-state index in [1.54, 1.807) is 24.4 Å². The van der Waals surface area contributed by atoms with Gasteiger partial charge < -0.3 is 14.4 Å². The summed E-state index contributed by atoms with van der Waals surface area (Å²) in [5.74, 6) is 0.713. The molecule has 0 saturated carbocycles. The summed E-state index contributed by atoms with van der Waals surface area (Å²) in [4.78, 5) is 22.7. The molecule has 26 heavy (non-hydrogen) atoms. The van der Waals surface area contributed by atoms with Crippen molar-refractivity contribution < 1.29 is 14.3 Å². The summed E-state index contributed by atoms with van der Waals surface area (Å²) in [6.07, 6.45) is 3.47. The van der Waals surface area contributed by atoms with Gasteiger partial charge in [0.2, 0.25) is 0 Å². The predicted molar refractivity (Wildman–Crippen MR) is 101 cm³/mol. The van der Waals surface area contributed by atoms with Gasteiger partial charge in [0.25, 0.3) is 0 Å². The van der Waals surface area contributed by atoms with Crippen LogP contribution in [0.1, 0.15) is 0 Å². The minimum atomic E-state index is -0.135. The van der Waals surface area contributed by atoms with Crippen LogP contribution in [0.25, 0.3) is 21.3 Å². The number of carbonyl (C=O) groups excluding carboxylic acids is 1. The van der Waals surface area contributed by atoms with Crippen LogP contribution in [0, 0.1) is 0 Å². The number of nitrogens with one attached hydrogen (secondary N) is 1. The number of methoxy groups -OCH3 is 1. The molecule has 8 heteroatoms. The number of urea groups is 1. The van der Waals surface area contributed by atoms with E-state index in [0.29, 0.717) is 37.2 Å². The van der Waals surface area contributed by atoms with Crippen LogP contribution in [0.2, 0.25) is 0 Å². The van der Waals surface area contributed by atoms with Crippen molar-refractivity contribution in [2.75, 3.05) is 38.7 Å². The van der Waals surface area contributed by atoms with E-state index in [1.807, 2.05) is 24.3 Å². The molecule has 3 aromatic rings. The Balaban J connectivity index is 1.56. The van der Waals surface area contributed by atoms with Crippen LogP contribution in [-0.2, 0) is 4.74 Å². The van der Waals surface area contributed by atoms with Gasteiger partial charge in [0, 0.05) is 24.8 Å². The molecule has 1 aliphatic rings. The number of fused-ring (bicyclic) bond motifs is 1. The van der Waals surface area contributed by atoms with Gasteiger partial charge in [0.15, 0.2) is 5.13 Å². The zero-order valence-electron chi connectivity index (χ0n) is 14.3. The third kappa shape index (κ3) is 3.47. The highest BCUT2D eigenvalue weighted by atomic mass is 32.1. The van der Waals surface area contributed by atoms with E-state index in [-0.39, 0.29) is 6.03 Å². The Morgan fingerprint density at radius 1 is 1.23 bits per heavy atom. The number of anilines is 1. The summed E-state index contributed by atoms with van der Waals surface area (Å²) in [7, 11) is 1.62. The third-order valence-electron chi connectivity index (χ3n) is 4.18. The lowest BCUT2D eigenvalue weighted by molar-refractivity contribution is 0.0564. The Kier molecular flexibility index (Phi) is 4.68. The molecular formula is C18H18N4O3S. The molecule has 0 radical (unpaired) electrons. The molecule has 7 nitrogen and oxygen atoms in total. The number of hydrogen-bond acceptors (Lipinski definition) is 6. The number of carbonyl (C=O) groups is 1. The maximum Gasteiger partial charge on any atom is 0.323 e. The molecule has 1 saturated heterocycles. The van der Waals surface area contributed by atoms with Crippen molar-refractivity contribution in [2.24, 2.45) is 0 Å². The number of rotatable bonds is 3. The number of thiazole rings is 1. The number of benzene rings is 1. The van der Waals surface area contributed by atoms with E-state index in [9.17, 15) is 4.79 Å². The number of pyridine rings is 1. The molecule has 3 heterocycles. The van der Waals surface area contributed by atoms with E-state index < -0.39 is 0 Å². The summed E-state index contributed by atoms with van der Waals surface area (Å²) in [6.45, 7) is 2.35. The summed E-state index contributed by atoms with van der Waals surface area (Å²) in [5, 5.41) is 3.48. The van der Waals surface area contributed by atoms with Crippen LogP contribution in [0.15, 0.2) is 36.7 Å². The van der Waals surface area contributed by atoms with Gasteiger partial charge in [-0.25, -0.2) is 9.78 Å². The molecule has 0 aliphatic carbocycles. The highest BCUT2D eigenvalue weighted by Crippen LogP contribution is 2.31. The van der Waals surface area contributed by atoms with E-state index in [4.69, 9.17) is 9.47 Å². The SMILES string of the molecule is COc1cncc(-c2ccc3nc(NC(=O)N4CCOCC4)sc3c2)c1. The van der Waals surface area contributed by atoms with Crippen molar-refractivity contribution in [3.63, 3.8) is 0 Å². The molecular weight excluding hydrogens is 352 g/mol. The van der Waals surface area contributed by atoms with Gasteiger partial charge in [-0.1, -0.05) is 17.4 Å². The van der Waals surface area contributed by atoms with Crippen LogP contribution < -0.4 is 10.1 Å². The van der Waals surface area contributed by atoms with Gasteiger partial charge in [-0.05, 0) is 23.8 Å². The first kappa shape index (κ1) is 16.7. The van der Waals surface area contributed by atoms with Gasteiger partial charge in [-0.2, -0.15) is 0 Å². The van der Waals surface area contributed by atoms with Crippen molar-refractivity contribution >= 4 is 32.7 Å². The number of hydrogen-bond donors (Lipinski definition) is 1. The summed E-state index contributed by atoms with van der Waals surface area (Å²) in [5.41, 5.74) is 2.85. The first-order valence-corrected chi connectivity index (χ1v) is 9.08. The Hall–Kier alpha value is -2.71. The van der Waals surface area contributed by atoms with Gasteiger partial charge in [0.1, 0.15) is 5.75 Å². The number of amides is 2. The Bertz CT molecular complexity index is 937. The monoisotopic (exact) mass is 370 g/mol. The number of ether oxygens (including phenoxy) is 2. The average molecular weight is 370 g/mol. The molecule has 0 bridgehead atoms. The topological polar surface area (TPSA) is 76.6 Å². The zero-order chi connectivity index (χ0) is 17.9. The highest BCUT2D eigenvalue weighted by Gasteiger charge is 2.18. The fourth-order valence-electron chi connectivity index (χ4n) is 2.78. The summed E-state index contributed by atoms with van der Waals surface area (Å²) < 4.78 is 11.5. The molecule has 0 spiro atoms. The summed E-state index contributed by atoms with van der Waals surface area (Å²) in [6, 6.07) is 7.80. The second kappa shape index (κ2) is 7.27. The van der Waals surface area contributed by atoms with Gasteiger partial charge in [0.05, 0.1) is 36.7 Å². The average Bonchev–Trinajstić information content (AvgIpc) is 3.10. The van der Waals surface area contributed by atoms with Crippen LogP contribution in [0.3, 0.4) is 0 Å². The quantitative estimate of drug-likeness (QED) is 0.766. The molecule has 134 valence electrons. The molecule has 1 aliphatic heterocycles. The molecule has 0 atom stereocenters. The lowest BCUT2D eigenvalue weighted by Gasteiger charge is -2.26. The lowest BCUT2D eigenvalue weighted by atomic mass is 10.1. The van der Waals surface area contributed by atoms with Crippen LogP contribution in [0.4, 0.5) is 9.93 Å². The largest absolute Gasteiger partial charge is 0.495 e. The number of morpholine rings is 1. The normalized spacial score (nSPS) is 14.4. The molecule has 4 rings (SSSR count). The second-order valence-corrected chi connectivity index (χ2v) is 6.88. The first-order chi connectivity index (χ1) is 12.7. The van der Waals surface area contributed by atoms with E-state index >= 15 is 0 Å². The smallest absolute Gasteiger partial charge is 0.323 e. The van der Waals surface area contributed by atoms with Crippen molar-refractivity contribution in [2.45, 2.75) is 0 Å². The van der Waals surface area contributed by atoms with E-state index in [1.165, 1.54) is 11.3 Å². The van der Waals surface area contributed by atoms with Crippen LogP contribution in [-0.4, -0.2) is 54.3 Å². The first-order valence-electron chi connectivity index (χ1n) is 8.26.